The molecule has 4 heterocycles. The van der Waals surface area contributed by atoms with Gasteiger partial charge >= 0.3 is 6.03 Å². The average Bonchev–Trinajstić information content (AvgIpc) is 3.33. The summed E-state index contributed by atoms with van der Waals surface area (Å²) in [7, 11) is 0. The van der Waals surface area contributed by atoms with Gasteiger partial charge in [0.25, 0.3) is 5.91 Å². The molecule has 3 N–H and O–H groups in total. The molecule has 8 nitrogen and oxygen atoms in total. The number of nitrogens with zero attached hydrogens (tertiary/aromatic N) is 4. The second-order valence-corrected chi connectivity index (χ2v) is 9.18. The molecule has 1 saturated heterocycles. The van der Waals surface area contributed by atoms with Gasteiger partial charge in [-0.1, -0.05) is 12.1 Å². The summed E-state index contributed by atoms with van der Waals surface area (Å²) in [6.07, 6.45) is 5.95. The minimum absolute atomic E-state index is 0.102. The van der Waals surface area contributed by atoms with Gasteiger partial charge < -0.3 is 10.3 Å². The Labute approximate surface area is 190 Å². The maximum absolute atomic E-state index is 13.4. The van der Waals surface area contributed by atoms with Crippen LogP contribution in [0.5, 0.6) is 0 Å². The van der Waals surface area contributed by atoms with Crippen LogP contribution in [0.1, 0.15) is 46.9 Å². The topological polar surface area (TPSA) is 101 Å². The number of likely N-dealkylation sites (tertiary alicyclic amines) is 1. The molecule has 0 spiro atoms. The zero-order valence-corrected chi connectivity index (χ0v) is 18.5. The molecule has 2 aliphatic heterocycles. The Morgan fingerprint density at radius 2 is 2.09 bits per heavy atom. The zero-order valence-electron chi connectivity index (χ0n) is 18.5. The predicted octanol–water partition coefficient (Wildman–Crippen LogP) is 3.19. The second-order valence-electron chi connectivity index (χ2n) is 9.18. The van der Waals surface area contributed by atoms with Crippen LogP contribution in [0.4, 0.5) is 9.18 Å². The van der Waals surface area contributed by atoms with Crippen molar-refractivity contribution < 1.29 is 23.7 Å². The average molecular weight is 453 g/mol. The molecule has 2 aromatic heterocycles. The third-order valence-electron chi connectivity index (χ3n) is 7.29. The van der Waals surface area contributed by atoms with Gasteiger partial charge in [0.1, 0.15) is 18.1 Å². The number of aromatic nitrogens is 2. The first kappa shape index (κ1) is 21.5. The monoisotopic (exact) mass is 452 g/mol. The Morgan fingerprint density at radius 1 is 1.33 bits per heavy atom. The SMILES string of the molecule is C[C@@H]1CCC[N+]1(Cc1cn(Cc2ccc(F)cc2)c2cnc3c(c12)CCN(O)C3=O)C(N)=O. The van der Waals surface area contributed by atoms with Crippen molar-refractivity contribution in [2.45, 2.75) is 45.3 Å². The lowest BCUT2D eigenvalue weighted by Crippen LogP contribution is -2.56. The normalized spacial score (nSPS) is 22.7. The zero-order chi connectivity index (χ0) is 23.3. The number of amides is 3. The van der Waals surface area contributed by atoms with E-state index in [1.54, 1.807) is 18.3 Å². The number of benzene rings is 1. The van der Waals surface area contributed by atoms with Gasteiger partial charge in [0.15, 0.2) is 0 Å². The molecule has 2 atom stereocenters. The molecule has 0 aliphatic carbocycles. The maximum atomic E-state index is 13.4. The molecule has 2 aliphatic rings. The summed E-state index contributed by atoms with van der Waals surface area (Å²) in [4.78, 5) is 29.6. The fraction of sp³-hybridized carbons (Fsp3) is 0.375. The largest absolute Gasteiger partial charge is 0.414 e. The van der Waals surface area contributed by atoms with Crippen molar-refractivity contribution in [2.24, 2.45) is 5.73 Å². The summed E-state index contributed by atoms with van der Waals surface area (Å²) < 4.78 is 15.6. The first-order valence-corrected chi connectivity index (χ1v) is 11.2. The highest BCUT2D eigenvalue weighted by Gasteiger charge is 2.45. The van der Waals surface area contributed by atoms with Crippen LogP contribution < -0.4 is 5.73 Å². The number of carbonyl (C=O) groups excluding carboxylic acids is 2. The van der Waals surface area contributed by atoms with E-state index in [9.17, 15) is 19.2 Å². The highest BCUT2D eigenvalue weighted by Crippen LogP contribution is 2.36. The lowest BCUT2D eigenvalue weighted by molar-refractivity contribution is -0.872. The summed E-state index contributed by atoms with van der Waals surface area (Å²) in [5.41, 5.74) is 9.62. The standard InChI is InChI=1S/C24H26FN5O3/c1-15-3-2-10-30(15,24(26)32)14-17-13-28(12-16-4-6-18(25)7-5-16)20-11-27-22-19(21(17)20)8-9-29(33)23(22)31/h4-7,11,13,15,33H,2-3,8-10,12,14H2,1H3,(H-,26,32)/p+1/t15-,30?/m1/s1. The van der Waals surface area contributed by atoms with Crippen molar-refractivity contribution in [3.8, 4) is 0 Å². The first-order chi connectivity index (χ1) is 15.8. The van der Waals surface area contributed by atoms with Crippen LogP contribution in [0.2, 0.25) is 0 Å². The van der Waals surface area contributed by atoms with E-state index in [4.69, 9.17) is 5.73 Å². The highest BCUT2D eigenvalue weighted by molar-refractivity contribution is 6.00. The van der Waals surface area contributed by atoms with Crippen molar-refractivity contribution in [3.63, 3.8) is 0 Å². The van der Waals surface area contributed by atoms with Gasteiger partial charge in [0.05, 0.1) is 30.8 Å². The quantitative estimate of drug-likeness (QED) is 0.469. The molecule has 1 unspecified atom stereocenters. The van der Waals surface area contributed by atoms with Crippen LogP contribution in [0, 0.1) is 5.82 Å². The molecule has 0 bridgehead atoms. The first-order valence-electron chi connectivity index (χ1n) is 11.2. The van der Waals surface area contributed by atoms with Gasteiger partial charge in [0.2, 0.25) is 0 Å². The summed E-state index contributed by atoms with van der Waals surface area (Å²) in [5.74, 6) is -0.820. The Balaban J connectivity index is 1.67. The molecule has 5 rings (SSSR count). The summed E-state index contributed by atoms with van der Waals surface area (Å²) >= 11 is 0. The number of urea groups is 1. The van der Waals surface area contributed by atoms with Crippen molar-refractivity contribution in [3.05, 3.63) is 64.9 Å². The Bertz CT molecular complexity index is 1260. The van der Waals surface area contributed by atoms with Crippen LogP contribution in [-0.2, 0) is 19.5 Å². The van der Waals surface area contributed by atoms with Gasteiger partial charge in [-0.15, -0.1) is 0 Å². The van der Waals surface area contributed by atoms with Crippen molar-refractivity contribution >= 4 is 22.8 Å². The molecule has 0 radical (unpaired) electrons. The van der Waals surface area contributed by atoms with Crippen LogP contribution in [-0.4, -0.2) is 55.4 Å². The van der Waals surface area contributed by atoms with Gasteiger partial charge in [-0.25, -0.2) is 23.7 Å². The molecule has 0 saturated carbocycles. The number of nitrogens with two attached hydrogens (primary N) is 1. The van der Waals surface area contributed by atoms with E-state index in [2.05, 4.69) is 11.9 Å². The van der Waals surface area contributed by atoms with Crippen LogP contribution in [0.15, 0.2) is 36.7 Å². The van der Waals surface area contributed by atoms with E-state index in [1.165, 1.54) is 12.1 Å². The fourth-order valence-electron chi connectivity index (χ4n) is 5.43. The van der Waals surface area contributed by atoms with Crippen LogP contribution in [0.25, 0.3) is 10.9 Å². The number of halogens is 1. The van der Waals surface area contributed by atoms with Crippen molar-refractivity contribution in [2.75, 3.05) is 13.1 Å². The molecule has 33 heavy (non-hydrogen) atoms. The van der Waals surface area contributed by atoms with Gasteiger partial charge in [-0.3, -0.25) is 10.0 Å². The minimum Gasteiger partial charge on any atom is -0.341 e. The Morgan fingerprint density at radius 3 is 2.76 bits per heavy atom. The van der Waals surface area contributed by atoms with Crippen LogP contribution in [0.3, 0.4) is 0 Å². The number of pyridine rings is 1. The van der Waals surface area contributed by atoms with E-state index in [-0.39, 0.29) is 34.6 Å². The van der Waals surface area contributed by atoms with Gasteiger partial charge in [-0.2, -0.15) is 0 Å². The Hall–Kier alpha value is -3.30. The third kappa shape index (κ3) is 3.48. The molecule has 1 fully saturated rings. The van der Waals surface area contributed by atoms with E-state index < -0.39 is 5.91 Å². The Kier molecular flexibility index (Phi) is 5.18. The number of fused-ring (bicyclic) bond motifs is 3. The summed E-state index contributed by atoms with van der Waals surface area (Å²) in [6, 6.07) is 6.08. The number of rotatable bonds is 4. The smallest absolute Gasteiger partial charge is 0.341 e. The number of hydrogen-bond donors (Lipinski definition) is 2. The number of quaternary nitrogens is 1. The van der Waals surface area contributed by atoms with Gasteiger partial charge in [0, 0.05) is 36.5 Å². The van der Waals surface area contributed by atoms with E-state index in [1.807, 2.05) is 10.8 Å². The second kappa shape index (κ2) is 7.93. The number of hydrogen-bond acceptors (Lipinski definition) is 4. The molecular formula is C24H27FN5O3+. The van der Waals surface area contributed by atoms with Crippen molar-refractivity contribution in [1.82, 2.24) is 14.6 Å². The molecule has 3 aromatic rings. The predicted molar refractivity (Wildman–Crippen MR) is 119 cm³/mol. The van der Waals surface area contributed by atoms with Gasteiger partial charge in [-0.05, 0) is 36.6 Å². The van der Waals surface area contributed by atoms with E-state index in [0.29, 0.717) is 31.1 Å². The van der Waals surface area contributed by atoms with Crippen LogP contribution >= 0.6 is 0 Å². The third-order valence-corrected chi connectivity index (χ3v) is 7.29. The van der Waals surface area contributed by atoms with E-state index in [0.717, 1.165) is 40.4 Å². The maximum Gasteiger partial charge on any atom is 0.414 e. The van der Waals surface area contributed by atoms with E-state index >= 15 is 0 Å². The molecule has 1 aromatic carbocycles. The molecule has 172 valence electrons. The number of hydroxylamine groups is 2. The number of carbonyl (C=O) groups is 2. The summed E-state index contributed by atoms with van der Waals surface area (Å²) in [5, 5.41) is 11.5. The molecular weight excluding hydrogens is 425 g/mol. The highest BCUT2D eigenvalue weighted by atomic mass is 19.1. The summed E-state index contributed by atoms with van der Waals surface area (Å²) in [6.45, 7) is 3.83. The van der Waals surface area contributed by atoms with Crippen molar-refractivity contribution in [1.29, 1.82) is 0 Å². The number of primary amides is 1. The lowest BCUT2D eigenvalue weighted by atomic mass is 9.98. The lowest BCUT2D eigenvalue weighted by Gasteiger charge is -2.34. The fourth-order valence-corrected chi connectivity index (χ4v) is 5.43. The minimum atomic E-state index is -0.524. The molecule has 3 amide bonds. The molecule has 9 heteroatoms.